The highest BCUT2D eigenvalue weighted by atomic mass is 16.5. The van der Waals surface area contributed by atoms with Crippen LogP contribution in [0.15, 0.2) is 30.3 Å². The van der Waals surface area contributed by atoms with Gasteiger partial charge in [-0.2, -0.15) is 0 Å². The van der Waals surface area contributed by atoms with Crippen LogP contribution in [0.4, 0.5) is 4.79 Å². The van der Waals surface area contributed by atoms with Gasteiger partial charge in [-0.05, 0) is 12.0 Å². The second-order valence-electron chi connectivity index (χ2n) is 4.57. The van der Waals surface area contributed by atoms with E-state index in [0.29, 0.717) is 0 Å². The number of rotatable bonds is 7. The summed E-state index contributed by atoms with van der Waals surface area (Å²) in [6.07, 6.45) is -1.12. The molecule has 0 heterocycles. The van der Waals surface area contributed by atoms with E-state index in [2.05, 4.69) is 5.32 Å². The van der Waals surface area contributed by atoms with Gasteiger partial charge in [-0.25, -0.2) is 9.59 Å². The summed E-state index contributed by atoms with van der Waals surface area (Å²) in [6.45, 7) is 1.38. The molecule has 7 heteroatoms. The van der Waals surface area contributed by atoms with Crippen molar-refractivity contribution >= 4 is 18.0 Å². The minimum atomic E-state index is -1.31. The molecule has 0 radical (unpaired) electrons. The third-order valence-corrected chi connectivity index (χ3v) is 2.81. The molecular weight excluding hydrogens is 278 g/mol. The maximum Gasteiger partial charge on any atom is 0.408 e. The Hall–Kier alpha value is -2.57. The second-order valence-corrected chi connectivity index (χ2v) is 4.57. The highest BCUT2D eigenvalue weighted by Gasteiger charge is 2.26. The van der Waals surface area contributed by atoms with Crippen molar-refractivity contribution < 1.29 is 29.3 Å². The lowest BCUT2D eigenvalue weighted by molar-refractivity contribution is -0.143. The predicted molar refractivity (Wildman–Crippen MR) is 72.6 cm³/mol. The summed E-state index contributed by atoms with van der Waals surface area (Å²) in [6, 6.07) is 7.59. The molecule has 0 saturated carbocycles. The number of nitrogens with one attached hydrogen (secondary N) is 1. The number of hydrogen-bond donors (Lipinski definition) is 3. The fourth-order valence-electron chi connectivity index (χ4n) is 1.58. The third-order valence-electron chi connectivity index (χ3n) is 2.81. The number of amides is 1. The topological polar surface area (TPSA) is 113 Å². The Bertz CT molecular complexity index is 501. The molecule has 0 unspecified atom stereocenters. The standard InChI is InChI=1S/C14H17NO6/c1-9(12(16)17)7-11(13(18)19)15-14(20)21-8-10-5-3-2-4-6-10/h2-6,9,11H,7-8H2,1H3,(H,15,20)(H,16,17)(H,18,19)/t9-,11+/m0/s1. The number of carbonyl (C=O) groups is 3. The summed E-state index contributed by atoms with van der Waals surface area (Å²) >= 11 is 0. The number of ether oxygens (including phenoxy) is 1. The van der Waals surface area contributed by atoms with Crippen LogP contribution >= 0.6 is 0 Å². The molecule has 0 saturated heterocycles. The van der Waals surface area contributed by atoms with Crippen molar-refractivity contribution in [2.45, 2.75) is 26.0 Å². The van der Waals surface area contributed by atoms with E-state index in [-0.39, 0.29) is 13.0 Å². The molecule has 1 amide bonds. The summed E-state index contributed by atoms with van der Waals surface area (Å²) in [5.74, 6) is -3.32. The molecule has 0 spiro atoms. The normalized spacial score (nSPS) is 13.0. The lowest BCUT2D eigenvalue weighted by atomic mass is 10.0. The van der Waals surface area contributed by atoms with Crippen molar-refractivity contribution in [3.8, 4) is 0 Å². The summed E-state index contributed by atoms with van der Waals surface area (Å²) in [4.78, 5) is 33.3. The summed E-state index contributed by atoms with van der Waals surface area (Å²) in [5.41, 5.74) is 0.762. The first-order chi connectivity index (χ1) is 9.90. The molecule has 0 aliphatic rings. The SMILES string of the molecule is C[C@@H](C[C@@H](NC(=O)OCc1ccccc1)C(=O)O)C(=O)O. The Labute approximate surface area is 121 Å². The van der Waals surface area contributed by atoms with Gasteiger partial charge in [0.15, 0.2) is 0 Å². The van der Waals surface area contributed by atoms with Gasteiger partial charge in [0, 0.05) is 0 Å². The monoisotopic (exact) mass is 295 g/mol. The zero-order valence-electron chi connectivity index (χ0n) is 11.5. The van der Waals surface area contributed by atoms with Gasteiger partial charge in [0.1, 0.15) is 12.6 Å². The van der Waals surface area contributed by atoms with Gasteiger partial charge in [-0.1, -0.05) is 37.3 Å². The van der Waals surface area contributed by atoms with E-state index in [4.69, 9.17) is 14.9 Å². The molecule has 0 bridgehead atoms. The van der Waals surface area contributed by atoms with Crippen LogP contribution in [0, 0.1) is 5.92 Å². The van der Waals surface area contributed by atoms with Gasteiger partial charge in [0.2, 0.25) is 0 Å². The molecule has 0 aliphatic carbocycles. The quantitative estimate of drug-likeness (QED) is 0.702. The number of hydrogen-bond acceptors (Lipinski definition) is 4. The Morgan fingerprint density at radius 2 is 1.76 bits per heavy atom. The van der Waals surface area contributed by atoms with Crippen molar-refractivity contribution in [1.82, 2.24) is 5.32 Å². The molecule has 2 atom stereocenters. The maximum absolute atomic E-state index is 11.5. The molecule has 21 heavy (non-hydrogen) atoms. The van der Waals surface area contributed by atoms with Crippen molar-refractivity contribution in [2.24, 2.45) is 5.92 Å². The lowest BCUT2D eigenvalue weighted by Gasteiger charge is -2.16. The Morgan fingerprint density at radius 1 is 1.14 bits per heavy atom. The molecule has 1 aromatic rings. The first-order valence-electron chi connectivity index (χ1n) is 6.33. The molecule has 1 rings (SSSR count). The highest BCUT2D eigenvalue weighted by Crippen LogP contribution is 2.07. The van der Waals surface area contributed by atoms with Crippen LogP contribution in [0.3, 0.4) is 0 Å². The maximum atomic E-state index is 11.5. The average Bonchev–Trinajstić information content (AvgIpc) is 2.45. The molecular formula is C14H17NO6. The van der Waals surface area contributed by atoms with Crippen LogP contribution in [-0.4, -0.2) is 34.3 Å². The van der Waals surface area contributed by atoms with Crippen LogP contribution < -0.4 is 5.32 Å². The van der Waals surface area contributed by atoms with E-state index in [0.717, 1.165) is 5.56 Å². The van der Waals surface area contributed by atoms with E-state index >= 15 is 0 Å². The Balaban J connectivity index is 2.49. The minimum absolute atomic E-state index is 0.00744. The van der Waals surface area contributed by atoms with Crippen LogP contribution in [0.1, 0.15) is 18.9 Å². The first kappa shape index (κ1) is 16.5. The number of carbonyl (C=O) groups excluding carboxylic acids is 1. The highest BCUT2D eigenvalue weighted by molar-refractivity contribution is 5.81. The smallest absolute Gasteiger partial charge is 0.408 e. The molecule has 3 N–H and O–H groups in total. The first-order valence-corrected chi connectivity index (χ1v) is 6.33. The molecule has 0 fully saturated rings. The molecule has 0 aromatic heterocycles. The van der Waals surface area contributed by atoms with Crippen molar-refractivity contribution in [1.29, 1.82) is 0 Å². The second kappa shape index (κ2) is 7.88. The summed E-state index contributed by atoms with van der Waals surface area (Å²) < 4.78 is 4.89. The number of alkyl carbamates (subject to hydrolysis) is 1. The molecule has 1 aromatic carbocycles. The van der Waals surface area contributed by atoms with Gasteiger partial charge in [-0.3, -0.25) is 4.79 Å². The largest absolute Gasteiger partial charge is 0.481 e. The predicted octanol–water partition coefficient (Wildman–Crippen LogP) is 1.48. The third kappa shape index (κ3) is 5.94. The number of aliphatic carboxylic acids is 2. The Morgan fingerprint density at radius 3 is 2.29 bits per heavy atom. The van der Waals surface area contributed by atoms with Crippen LogP contribution in [0.5, 0.6) is 0 Å². The molecule has 114 valence electrons. The van der Waals surface area contributed by atoms with E-state index in [9.17, 15) is 14.4 Å². The zero-order chi connectivity index (χ0) is 15.8. The van der Waals surface area contributed by atoms with E-state index in [1.165, 1.54) is 6.92 Å². The number of benzene rings is 1. The van der Waals surface area contributed by atoms with Gasteiger partial charge in [0.25, 0.3) is 0 Å². The number of carboxylic acid groups (broad SMARTS) is 2. The summed E-state index contributed by atoms with van der Waals surface area (Å²) in [5, 5.41) is 19.9. The van der Waals surface area contributed by atoms with E-state index in [1.54, 1.807) is 24.3 Å². The van der Waals surface area contributed by atoms with E-state index in [1.807, 2.05) is 6.07 Å². The Kier molecular flexibility index (Phi) is 6.19. The van der Waals surface area contributed by atoms with Gasteiger partial charge >= 0.3 is 18.0 Å². The lowest BCUT2D eigenvalue weighted by Crippen LogP contribution is -2.42. The number of carboxylic acids is 2. The van der Waals surface area contributed by atoms with E-state index < -0.39 is 30.0 Å². The van der Waals surface area contributed by atoms with Gasteiger partial charge < -0.3 is 20.3 Å². The average molecular weight is 295 g/mol. The van der Waals surface area contributed by atoms with Crippen LogP contribution in [-0.2, 0) is 20.9 Å². The molecule has 0 aliphatic heterocycles. The van der Waals surface area contributed by atoms with Crippen molar-refractivity contribution in [2.75, 3.05) is 0 Å². The fraction of sp³-hybridized carbons (Fsp3) is 0.357. The minimum Gasteiger partial charge on any atom is -0.481 e. The zero-order valence-corrected chi connectivity index (χ0v) is 11.5. The van der Waals surface area contributed by atoms with Gasteiger partial charge in [0.05, 0.1) is 5.92 Å². The van der Waals surface area contributed by atoms with Gasteiger partial charge in [-0.15, -0.1) is 0 Å². The van der Waals surface area contributed by atoms with Crippen molar-refractivity contribution in [3.63, 3.8) is 0 Å². The van der Waals surface area contributed by atoms with Crippen LogP contribution in [0.25, 0.3) is 0 Å². The van der Waals surface area contributed by atoms with Crippen molar-refractivity contribution in [3.05, 3.63) is 35.9 Å². The van der Waals surface area contributed by atoms with Crippen LogP contribution in [0.2, 0.25) is 0 Å². The fourth-order valence-corrected chi connectivity index (χ4v) is 1.58. The summed E-state index contributed by atoms with van der Waals surface area (Å²) in [7, 11) is 0. The molecule has 7 nitrogen and oxygen atoms in total.